The summed E-state index contributed by atoms with van der Waals surface area (Å²) in [6.07, 6.45) is 2.65. The predicted octanol–water partition coefficient (Wildman–Crippen LogP) is 1.71. The molecule has 0 saturated heterocycles. The Morgan fingerprint density at radius 3 is 1.68 bits per heavy atom. The lowest BCUT2D eigenvalue weighted by Crippen LogP contribution is -2.40. The van der Waals surface area contributed by atoms with Crippen molar-refractivity contribution in [2.45, 2.75) is 44.1 Å². The lowest BCUT2D eigenvalue weighted by atomic mass is 9.89. The van der Waals surface area contributed by atoms with Gasteiger partial charge in [-0.3, -0.25) is 0 Å². The number of nitrogens with two attached hydrogens (primary N) is 2. The molecule has 0 unspecified atom stereocenters. The van der Waals surface area contributed by atoms with Gasteiger partial charge in [0.25, 0.3) is 0 Å². The fourth-order valence-corrected chi connectivity index (χ4v) is 2.43. The van der Waals surface area contributed by atoms with Crippen LogP contribution in [0.25, 0.3) is 0 Å². The molecule has 0 aliphatic rings. The zero-order chi connectivity index (χ0) is 21.4. The SMILES string of the molecule is C=CC(=O)OCCC(CCCCCOC(N)=O)(CCOC(=O)C=C)OC(N)=O. The van der Waals surface area contributed by atoms with E-state index in [9.17, 15) is 19.2 Å². The maximum atomic E-state index is 11.4. The van der Waals surface area contributed by atoms with Gasteiger partial charge < -0.3 is 30.4 Å². The van der Waals surface area contributed by atoms with E-state index in [-0.39, 0.29) is 32.7 Å². The Balaban J connectivity index is 4.89. The Morgan fingerprint density at radius 1 is 0.714 bits per heavy atom. The van der Waals surface area contributed by atoms with Crippen molar-refractivity contribution in [3.05, 3.63) is 25.3 Å². The molecule has 0 atom stereocenters. The summed E-state index contributed by atoms with van der Waals surface area (Å²) in [5.74, 6) is -1.23. The van der Waals surface area contributed by atoms with Crippen LogP contribution in [0, 0.1) is 0 Å². The molecular formula is C18H28N2O8. The summed E-state index contributed by atoms with van der Waals surface area (Å²) in [6, 6.07) is 0. The van der Waals surface area contributed by atoms with E-state index in [2.05, 4.69) is 17.9 Å². The minimum Gasteiger partial charge on any atom is -0.462 e. The van der Waals surface area contributed by atoms with Crippen LogP contribution in [0.1, 0.15) is 38.5 Å². The summed E-state index contributed by atoms with van der Waals surface area (Å²) >= 11 is 0. The van der Waals surface area contributed by atoms with E-state index in [0.29, 0.717) is 25.7 Å². The number of hydrogen-bond donors (Lipinski definition) is 2. The molecule has 0 heterocycles. The molecule has 0 rings (SSSR count). The Labute approximate surface area is 163 Å². The first-order valence-electron chi connectivity index (χ1n) is 8.74. The van der Waals surface area contributed by atoms with Crippen LogP contribution in [0.4, 0.5) is 9.59 Å². The van der Waals surface area contributed by atoms with Crippen LogP contribution >= 0.6 is 0 Å². The van der Waals surface area contributed by atoms with E-state index in [1.165, 1.54) is 0 Å². The molecular weight excluding hydrogens is 372 g/mol. The van der Waals surface area contributed by atoms with Crippen molar-refractivity contribution in [1.29, 1.82) is 0 Å². The van der Waals surface area contributed by atoms with Crippen molar-refractivity contribution in [3.8, 4) is 0 Å². The lowest BCUT2D eigenvalue weighted by molar-refractivity contribution is -0.140. The van der Waals surface area contributed by atoms with Gasteiger partial charge >= 0.3 is 24.1 Å². The van der Waals surface area contributed by atoms with Crippen LogP contribution in [0.5, 0.6) is 0 Å². The number of esters is 2. The zero-order valence-corrected chi connectivity index (χ0v) is 15.9. The zero-order valence-electron chi connectivity index (χ0n) is 15.9. The van der Waals surface area contributed by atoms with E-state index >= 15 is 0 Å². The maximum absolute atomic E-state index is 11.4. The number of carbonyl (C=O) groups excluding carboxylic acids is 4. The van der Waals surface area contributed by atoms with Crippen molar-refractivity contribution in [3.63, 3.8) is 0 Å². The van der Waals surface area contributed by atoms with E-state index in [0.717, 1.165) is 12.2 Å². The molecule has 0 aliphatic heterocycles. The quantitative estimate of drug-likeness (QED) is 0.182. The van der Waals surface area contributed by atoms with Crippen molar-refractivity contribution in [1.82, 2.24) is 0 Å². The molecule has 0 spiro atoms. The smallest absolute Gasteiger partial charge is 0.405 e. The average Bonchev–Trinajstić information content (AvgIpc) is 2.63. The van der Waals surface area contributed by atoms with Gasteiger partial charge in [0.05, 0.1) is 19.8 Å². The van der Waals surface area contributed by atoms with Gasteiger partial charge in [0.15, 0.2) is 0 Å². The van der Waals surface area contributed by atoms with Gasteiger partial charge in [-0.1, -0.05) is 13.2 Å². The third-order valence-electron chi connectivity index (χ3n) is 3.78. The topological polar surface area (TPSA) is 157 Å². The van der Waals surface area contributed by atoms with Gasteiger partial charge in [0.1, 0.15) is 5.60 Å². The average molecular weight is 400 g/mol. The highest BCUT2D eigenvalue weighted by Crippen LogP contribution is 2.28. The maximum Gasteiger partial charge on any atom is 0.405 e. The number of amides is 2. The molecule has 10 nitrogen and oxygen atoms in total. The minimum absolute atomic E-state index is 0.0433. The molecule has 158 valence electrons. The fraction of sp³-hybridized carbons (Fsp3) is 0.556. The van der Waals surface area contributed by atoms with Crippen molar-refractivity contribution in [2.24, 2.45) is 11.5 Å². The molecule has 28 heavy (non-hydrogen) atoms. The Bertz CT molecular complexity index is 536. The standard InChI is InChI=1S/C18H28N2O8/c1-3-14(21)25-12-9-18(28-17(20)24,10-13-26-15(22)4-2)8-6-5-7-11-27-16(19)23/h3-4H,1-2,5-13H2,(H2,19,23)(H2,20,24). The normalized spacial score (nSPS) is 10.4. The molecule has 0 fully saturated rings. The Hall–Kier alpha value is -3.04. The van der Waals surface area contributed by atoms with Gasteiger partial charge in [-0.2, -0.15) is 0 Å². The molecule has 0 radical (unpaired) electrons. The molecule has 0 bridgehead atoms. The monoisotopic (exact) mass is 400 g/mol. The number of hydrogen-bond acceptors (Lipinski definition) is 8. The summed E-state index contributed by atoms with van der Waals surface area (Å²) in [5.41, 5.74) is 8.98. The third kappa shape index (κ3) is 12.3. The Kier molecular flexibility index (Phi) is 12.5. The summed E-state index contributed by atoms with van der Waals surface area (Å²) < 4.78 is 19.9. The van der Waals surface area contributed by atoms with E-state index in [1.807, 2.05) is 0 Å². The summed E-state index contributed by atoms with van der Waals surface area (Å²) in [5, 5.41) is 0. The largest absolute Gasteiger partial charge is 0.462 e. The molecule has 0 aromatic heterocycles. The van der Waals surface area contributed by atoms with Gasteiger partial charge in [-0.05, 0) is 25.7 Å². The van der Waals surface area contributed by atoms with Gasteiger partial charge in [-0.25, -0.2) is 19.2 Å². The second-order valence-corrected chi connectivity index (χ2v) is 5.83. The highest BCUT2D eigenvalue weighted by atomic mass is 16.6. The van der Waals surface area contributed by atoms with Gasteiger partial charge in [0.2, 0.25) is 0 Å². The van der Waals surface area contributed by atoms with Crippen LogP contribution in [0.2, 0.25) is 0 Å². The number of rotatable bonds is 15. The van der Waals surface area contributed by atoms with Crippen molar-refractivity contribution < 1.29 is 38.1 Å². The molecule has 0 aromatic rings. The van der Waals surface area contributed by atoms with Crippen LogP contribution < -0.4 is 11.5 Å². The first kappa shape index (κ1) is 25.0. The van der Waals surface area contributed by atoms with Crippen molar-refractivity contribution in [2.75, 3.05) is 19.8 Å². The summed E-state index contributed by atoms with van der Waals surface area (Å²) in [7, 11) is 0. The molecule has 0 aliphatic carbocycles. The number of ether oxygens (including phenoxy) is 4. The van der Waals surface area contributed by atoms with Crippen LogP contribution in [-0.4, -0.2) is 49.5 Å². The van der Waals surface area contributed by atoms with Crippen molar-refractivity contribution >= 4 is 24.1 Å². The Morgan fingerprint density at radius 2 is 1.25 bits per heavy atom. The van der Waals surface area contributed by atoms with E-state index < -0.39 is 29.7 Å². The first-order valence-corrected chi connectivity index (χ1v) is 8.74. The molecule has 0 saturated carbocycles. The molecule has 0 aromatic carbocycles. The second kappa shape index (κ2) is 14.1. The summed E-state index contributed by atoms with van der Waals surface area (Å²) in [6.45, 7) is 6.69. The molecule has 10 heteroatoms. The third-order valence-corrected chi connectivity index (χ3v) is 3.78. The second-order valence-electron chi connectivity index (χ2n) is 5.83. The van der Waals surface area contributed by atoms with E-state index in [1.54, 1.807) is 0 Å². The lowest BCUT2D eigenvalue weighted by Gasteiger charge is -2.32. The van der Waals surface area contributed by atoms with E-state index in [4.69, 9.17) is 25.7 Å². The minimum atomic E-state index is -1.10. The van der Waals surface area contributed by atoms with Crippen LogP contribution in [0.3, 0.4) is 0 Å². The highest BCUT2D eigenvalue weighted by Gasteiger charge is 2.34. The van der Waals surface area contributed by atoms with Crippen LogP contribution in [0.15, 0.2) is 25.3 Å². The van der Waals surface area contributed by atoms with Gasteiger partial charge in [-0.15, -0.1) is 0 Å². The number of unbranched alkanes of at least 4 members (excludes halogenated alkanes) is 2. The number of primary amides is 2. The fourth-order valence-electron chi connectivity index (χ4n) is 2.43. The summed E-state index contributed by atoms with van der Waals surface area (Å²) in [4.78, 5) is 44.4. The first-order chi connectivity index (χ1) is 13.2. The predicted molar refractivity (Wildman–Crippen MR) is 98.9 cm³/mol. The van der Waals surface area contributed by atoms with Crippen LogP contribution in [-0.2, 0) is 28.5 Å². The number of carbonyl (C=O) groups is 4. The van der Waals surface area contributed by atoms with Gasteiger partial charge in [0, 0.05) is 25.0 Å². The molecule has 4 N–H and O–H groups in total. The highest BCUT2D eigenvalue weighted by molar-refractivity contribution is 5.81. The molecule has 2 amide bonds.